The van der Waals surface area contributed by atoms with Gasteiger partial charge in [0.1, 0.15) is 11.6 Å². The molecule has 0 saturated carbocycles. The number of hydrogen-bond acceptors (Lipinski definition) is 3. The molecule has 0 aliphatic rings. The first-order chi connectivity index (χ1) is 8.56. The van der Waals surface area contributed by atoms with E-state index in [9.17, 15) is 9.90 Å². The molecule has 92 valence electrons. The predicted octanol–water partition coefficient (Wildman–Crippen LogP) is 2.66. The lowest BCUT2D eigenvalue weighted by atomic mass is 10.1. The number of aryl methyl sites for hydroxylation is 2. The quantitative estimate of drug-likeness (QED) is 0.851. The van der Waals surface area contributed by atoms with Gasteiger partial charge in [-0.1, -0.05) is 6.07 Å². The molecule has 2 aromatic rings. The minimum Gasteiger partial charge on any atom is -0.508 e. The topological polar surface area (TPSA) is 62.2 Å². The molecule has 18 heavy (non-hydrogen) atoms. The second-order valence-corrected chi connectivity index (χ2v) is 4.12. The molecule has 0 fully saturated rings. The van der Waals surface area contributed by atoms with Crippen molar-refractivity contribution in [2.24, 2.45) is 0 Å². The fourth-order valence-corrected chi connectivity index (χ4v) is 1.60. The summed E-state index contributed by atoms with van der Waals surface area (Å²) in [7, 11) is 0. The summed E-state index contributed by atoms with van der Waals surface area (Å²) in [6, 6.07) is 10.2. The predicted molar refractivity (Wildman–Crippen MR) is 69.8 cm³/mol. The number of nitrogens with one attached hydrogen (secondary N) is 1. The molecular formula is C14H14N2O2. The summed E-state index contributed by atoms with van der Waals surface area (Å²) in [5.41, 5.74) is 2.00. The first kappa shape index (κ1) is 12.1. The summed E-state index contributed by atoms with van der Waals surface area (Å²) < 4.78 is 0. The summed E-state index contributed by atoms with van der Waals surface area (Å²) in [6.07, 6.45) is 0. The molecule has 1 heterocycles. The highest BCUT2D eigenvalue weighted by Crippen LogP contribution is 2.17. The van der Waals surface area contributed by atoms with Gasteiger partial charge in [-0.2, -0.15) is 0 Å². The summed E-state index contributed by atoms with van der Waals surface area (Å²) in [4.78, 5) is 16.2. The van der Waals surface area contributed by atoms with Crippen LogP contribution in [0.2, 0.25) is 0 Å². The van der Waals surface area contributed by atoms with Crippen LogP contribution in [0.15, 0.2) is 36.4 Å². The minimum atomic E-state index is -0.240. The largest absolute Gasteiger partial charge is 0.508 e. The van der Waals surface area contributed by atoms with Crippen LogP contribution in [0.1, 0.15) is 21.6 Å². The number of carbonyl (C=O) groups is 1. The number of anilines is 1. The Labute approximate surface area is 105 Å². The zero-order valence-corrected chi connectivity index (χ0v) is 10.3. The third-order valence-corrected chi connectivity index (χ3v) is 2.59. The van der Waals surface area contributed by atoms with Gasteiger partial charge >= 0.3 is 0 Å². The number of pyridine rings is 1. The summed E-state index contributed by atoms with van der Waals surface area (Å²) >= 11 is 0. The highest BCUT2D eigenvalue weighted by atomic mass is 16.3. The fraction of sp³-hybridized carbons (Fsp3) is 0.143. The van der Waals surface area contributed by atoms with Gasteiger partial charge in [0.05, 0.1) is 0 Å². The molecule has 4 heteroatoms. The zero-order valence-electron chi connectivity index (χ0n) is 10.3. The summed E-state index contributed by atoms with van der Waals surface area (Å²) in [5, 5.41) is 12.1. The van der Waals surface area contributed by atoms with Gasteiger partial charge in [0.25, 0.3) is 5.91 Å². The van der Waals surface area contributed by atoms with Gasteiger partial charge in [-0.05, 0) is 49.7 Å². The maximum atomic E-state index is 12.0. The van der Waals surface area contributed by atoms with Crippen molar-refractivity contribution < 1.29 is 9.90 Å². The molecule has 0 bridgehead atoms. The van der Waals surface area contributed by atoms with E-state index in [0.29, 0.717) is 16.9 Å². The third-order valence-electron chi connectivity index (χ3n) is 2.59. The van der Waals surface area contributed by atoms with E-state index in [1.54, 1.807) is 25.1 Å². The van der Waals surface area contributed by atoms with Gasteiger partial charge in [-0.15, -0.1) is 0 Å². The van der Waals surface area contributed by atoms with Crippen molar-refractivity contribution in [3.05, 3.63) is 53.2 Å². The van der Waals surface area contributed by atoms with E-state index < -0.39 is 0 Å². The zero-order chi connectivity index (χ0) is 13.1. The number of rotatable bonds is 2. The first-order valence-corrected chi connectivity index (χ1v) is 5.61. The molecule has 0 spiro atoms. The molecule has 0 aliphatic carbocycles. The van der Waals surface area contributed by atoms with Crippen LogP contribution >= 0.6 is 0 Å². The molecule has 4 nitrogen and oxygen atoms in total. The third kappa shape index (κ3) is 2.66. The van der Waals surface area contributed by atoms with Gasteiger partial charge in [-0.3, -0.25) is 4.79 Å². The minimum absolute atomic E-state index is 0.181. The van der Waals surface area contributed by atoms with Crippen LogP contribution in [-0.2, 0) is 0 Å². The van der Waals surface area contributed by atoms with Crippen LogP contribution in [0.3, 0.4) is 0 Å². The van der Waals surface area contributed by atoms with Crippen LogP contribution in [0.4, 0.5) is 5.82 Å². The van der Waals surface area contributed by atoms with E-state index in [1.807, 2.05) is 19.1 Å². The highest BCUT2D eigenvalue weighted by molar-refractivity contribution is 6.03. The monoisotopic (exact) mass is 242 g/mol. The Kier molecular flexibility index (Phi) is 3.28. The Bertz CT molecular complexity index is 594. The average Bonchev–Trinajstić information content (AvgIpc) is 2.32. The van der Waals surface area contributed by atoms with Crippen molar-refractivity contribution in [1.82, 2.24) is 4.98 Å². The molecule has 1 aromatic carbocycles. The number of aromatic hydroxyl groups is 1. The van der Waals surface area contributed by atoms with Crippen molar-refractivity contribution in [1.29, 1.82) is 0 Å². The van der Waals surface area contributed by atoms with Crippen molar-refractivity contribution in [2.45, 2.75) is 13.8 Å². The van der Waals surface area contributed by atoms with Crippen molar-refractivity contribution in [3.8, 4) is 5.75 Å². The van der Waals surface area contributed by atoms with Crippen LogP contribution in [0.25, 0.3) is 0 Å². The lowest BCUT2D eigenvalue weighted by Gasteiger charge is -2.06. The van der Waals surface area contributed by atoms with Crippen LogP contribution in [-0.4, -0.2) is 16.0 Å². The maximum Gasteiger partial charge on any atom is 0.256 e. The number of phenols is 1. The molecule has 0 unspecified atom stereocenters. The smallest absolute Gasteiger partial charge is 0.256 e. The van der Waals surface area contributed by atoms with Gasteiger partial charge in [0.15, 0.2) is 0 Å². The lowest BCUT2D eigenvalue weighted by molar-refractivity contribution is 0.102. The number of phenolic OH excluding ortho intramolecular Hbond substituents is 1. The van der Waals surface area contributed by atoms with Crippen molar-refractivity contribution in [2.75, 3.05) is 5.32 Å². The van der Waals surface area contributed by atoms with E-state index in [2.05, 4.69) is 10.3 Å². The van der Waals surface area contributed by atoms with Crippen LogP contribution in [0.5, 0.6) is 5.75 Å². The van der Waals surface area contributed by atoms with Gasteiger partial charge < -0.3 is 10.4 Å². The summed E-state index contributed by atoms with van der Waals surface area (Å²) in [6.45, 7) is 3.61. The molecule has 0 radical (unpaired) electrons. The summed E-state index contributed by atoms with van der Waals surface area (Å²) in [5.74, 6) is 0.460. The second kappa shape index (κ2) is 4.87. The van der Waals surface area contributed by atoms with Gasteiger partial charge in [-0.25, -0.2) is 4.98 Å². The fourth-order valence-electron chi connectivity index (χ4n) is 1.60. The maximum absolute atomic E-state index is 12.0. The number of amides is 1. The molecule has 2 rings (SSSR count). The Balaban J connectivity index is 2.19. The van der Waals surface area contributed by atoms with E-state index in [4.69, 9.17) is 0 Å². The molecule has 0 saturated heterocycles. The standard InChI is InChI=1S/C14H14N2O2/c1-9-8-11(6-7-12(9)17)14(18)16-13-5-3-4-10(2)15-13/h3-8,17H,1-2H3,(H,15,16,18). The lowest BCUT2D eigenvalue weighted by Crippen LogP contribution is -2.13. The van der Waals surface area contributed by atoms with E-state index in [-0.39, 0.29) is 11.7 Å². The Morgan fingerprint density at radius 3 is 2.67 bits per heavy atom. The normalized spacial score (nSPS) is 10.1. The van der Waals surface area contributed by atoms with E-state index >= 15 is 0 Å². The number of hydrogen-bond donors (Lipinski definition) is 2. The van der Waals surface area contributed by atoms with Crippen molar-refractivity contribution in [3.63, 3.8) is 0 Å². The Hall–Kier alpha value is -2.36. The molecule has 0 aliphatic heterocycles. The average molecular weight is 242 g/mol. The highest BCUT2D eigenvalue weighted by Gasteiger charge is 2.08. The first-order valence-electron chi connectivity index (χ1n) is 5.61. The molecular weight excluding hydrogens is 228 g/mol. The number of benzene rings is 1. The van der Waals surface area contributed by atoms with Crippen molar-refractivity contribution >= 4 is 11.7 Å². The molecule has 0 atom stereocenters. The number of carbonyl (C=O) groups excluding carboxylic acids is 1. The van der Waals surface area contributed by atoms with Gasteiger partial charge in [0, 0.05) is 11.3 Å². The van der Waals surface area contributed by atoms with Crippen LogP contribution in [0, 0.1) is 13.8 Å². The van der Waals surface area contributed by atoms with Gasteiger partial charge in [0.2, 0.25) is 0 Å². The molecule has 1 amide bonds. The number of nitrogens with zero attached hydrogens (tertiary/aromatic N) is 1. The molecule has 1 aromatic heterocycles. The van der Waals surface area contributed by atoms with Crippen LogP contribution < -0.4 is 5.32 Å². The molecule has 2 N–H and O–H groups in total. The SMILES string of the molecule is Cc1cccc(NC(=O)c2ccc(O)c(C)c2)n1. The second-order valence-electron chi connectivity index (χ2n) is 4.12. The number of aromatic nitrogens is 1. The van der Waals surface area contributed by atoms with E-state index in [1.165, 1.54) is 6.07 Å². The Morgan fingerprint density at radius 1 is 1.22 bits per heavy atom. The van der Waals surface area contributed by atoms with E-state index in [0.717, 1.165) is 5.69 Å². The Morgan fingerprint density at radius 2 is 2.00 bits per heavy atom.